The van der Waals surface area contributed by atoms with E-state index in [9.17, 15) is 13.2 Å². The van der Waals surface area contributed by atoms with Crippen LogP contribution in [0, 0.1) is 0 Å². The minimum Gasteiger partial charge on any atom is -0.495 e. The van der Waals surface area contributed by atoms with Crippen LogP contribution in [-0.4, -0.2) is 28.0 Å². The van der Waals surface area contributed by atoms with E-state index in [4.69, 9.17) is 9.47 Å². The molecule has 3 aromatic rings. The molecule has 0 unspecified atom stereocenters. The third kappa shape index (κ3) is 5.89. The summed E-state index contributed by atoms with van der Waals surface area (Å²) in [5, 5.41) is 2.77. The summed E-state index contributed by atoms with van der Waals surface area (Å²) in [7, 11) is -2.32. The Bertz CT molecular complexity index is 1210. The number of carbonyl (C=O) groups is 1. The van der Waals surface area contributed by atoms with Crippen molar-refractivity contribution in [2.75, 3.05) is 23.8 Å². The third-order valence-corrected chi connectivity index (χ3v) is 5.80. The molecule has 0 fully saturated rings. The van der Waals surface area contributed by atoms with Crippen LogP contribution in [0.5, 0.6) is 11.5 Å². The second-order valence-corrected chi connectivity index (χ2v) is 8.31. The molecule has 0 saturated carbocycles. The van der Waals surface area contributed by atoms with Crippen LogP contribution in [0.2, 0.25) is 0 Å². The van der Waals surface area contributed by atoms with Gasteiger partial charge < -0.3 is 14.8 Å². The SMILES string of the molecule is CCOc1ccccc1NC(=O)/C=C/c1ccc(S(=O)(=O)Nc2ccccc2OC)cc1. The first-order chi connectivity index (χ1) is 15.4. The number of ether oxygens (including phenoxy) is 2. The number of carbonyl (C=O) groups excluding carboxylic acids is 1. The molecule has 3 rings (SSSR count). The number of benzene rings is 3. The highest BCUT2D eigenvalue weighted by Gasteiger charge is 2.16. The van der Waals surface area contributed by atoms with Crippen LogP contribution in [0.15, 0.2) is 83.8 Å². The van der Waals surface area contributed by atoms with E-state index < -0.39 is 10.0 Å². The lowest BCUT2D eigenvalue weighted by atomic mass is 10.2. The van der Waals surface area contributed by atoms with Gasteiger partial charge in [-0.15, -0.1) is 0 Å². The van der Waals surface area contributed by atoms with Crippen LogP contribution in [0.3, 0.4) is 0 Å². The molecule has 0 atom stereocenters. The number of methoxy groups -OCH3 is 1. The number of hydrogen-bond donors (Lipinski definition) is 2. The Hall–Kier alpha value is -3.78. The Balaban J connectivity index is 1.67. The van der Waals surface area contributed by atoms with Gasteiger partial charge >= 0.3 is 0 Å². The third-order valence-electron chi connectivity index (χ3n) is 4.41. The number of rotatable bonds is 9. The molecule has 0 aliphatic heterocycles. The second-order valence-electron chi connectivity index (χ2n) is 6.63. The maximum atomic E-state index is 12.7. The van der Waals surface area contributed by atoms with Gasteiger partial charge in [0.25, 0.3) is 10.0 Å². The largest absolute Gasteiger partial charge is 0.495 e. The fourth-order valence-electron chi connectivity index (χ4n) is 2.89. The van der Waals surface area contributed by atoms with Crippen molar-refractivity contribution in [1.29, 1.82) is 0 Å². The number of nitrogens with one attached hydrogen (secondary N) is 2. The molecule has 0 aliphatic carbocycles. The molecule has 0 bridgehead atoms. The molecule has 2 N–H and O–H groups in total. The second kappa shape index (κ2) is 10.5. The van der Waals surface area contributed by atoms with Gasteiger partial charge in [0.1, 0.15) is 11.5 Å². The van der Waals surface area contributed by atoms with Crippen LogP contribution in [0.1, 0.15) is 12.5 Å². The Labute approximate surface area is 187 Å². The van der Waals surface area contributed by atoms with E-state index in [2.05, 4.69) is 10.0 Å². The van der Waals surface area contributed by atoms with E-state index in [0.29, 0.717) is 35.0 Å². The van der Waals surface area contributed by atoms with Crippen LogP contribution in [0.25, 0.3) is 6.08 Å². The van der Waals surface area contributed by atoms with Crippen molar-refractivity contribution in [3.05, 3.63) is 84.4 Å². The molecule has 0 spiro atoms. The molecule has 0 radical (unpaired) electrons. The highest BCUT2D eigenvalue weighted by Crippen LogP contribution is 2.26. The lowest BCUT2D eigenvalue weighted by Crippen LogP contribution is -2.13. The molecule has 0 aromatic heterocycles. The molecular formula is C24H24N2O5S. The van der Waals surface area contributed by atoms with Crippen molar-refractivity contribution in [2.24, 2.45) is 0 Å². The van der Waals surface area contributed by atoms with Crippen molar-refractivity contribution in [2.45, 2.75) is 11.8 Å². The number of para-hydroxylation sites is 4. The predicted molar refractivity (Wildman–Crippen MR) is 126 cm³/mol. The molecule has 32 heavy (non-hydrogen) atoms. The Morgan fingerprint density at radius 1 is 0.906 bits per heavy atom. The van der Waals surface area contributed by atoms with Crippen molar-refractivity contribution < 1.29 is 22.7 Å². The van der Waals surface area contributed by atoms with Gasteiger partial charge in [0.15, 0.2) is 0 Å². The molecule has 8 heteroatoms. The summed E-state index contributed by atoms with van der Waals surface area (Å²) in [6, 6.07) is 20.1. The molecule has 0 heterocycles. The van der Waals surface area contributed by atoms with Gasteiger partial charge in [-0.3, -0.25) is 9.52 Å². The zero-order valence-electron chi connectivity index (χ0n) is 17.7. The molecular weight excluding hydrogens is 428 g/mol. The first kappa shape index (κ1) is 22.9. The topological polar surface area (TPSA) is 93.7 Å². The molecule has 0 saturated heterocycles. The highest BCUT2D eigenvalue weighted by atomic mass is 32.2. The molecule has 3 aromatic carbocycles. The zero-order chi connectivity index (χ0) is 23.0. The van der Waals surface area contributed by atoms with Crippen LogP contribution >= 0.6 is 0 Å². The maximum Gasteiger partial charge on any atom is 0.262 e. The van der Waals surface area contributed by atoms with E-state index in [1.165, 1.54) is 25.3 Å². The summed E-state index contributed by atoms with van der Waals surface area (Å²) in [4.78, 5) is 12.4. The van der Waals surface area contributed by atoms with E-state index in [0.717, 1.165) is 0 Å². The molecule has 7 nitrogen and oxygen atoms in total. The van der Waals surface area contributed by atoms with E-state index in [1.54, 1.807) is 60.7 Å². The average molecular weight is 453 g/mol. The van der Waals surface area contributed by atoms with Gasteiger partial charge in [0.05, 0.1) is 30.0 Å². The molecule has 0 aliphatic rings. The number of hydrogen-bond acceptors (Lipinski definition) is 5. The zero-order valence-corrected chi connectivity index (χ0v) is 18.6. The monoisotopic (exact) mass is 452 g/mol. The minimum absolute atomic E-state index is 0.0932. The quantitative estimate of drug-likeness (QED) is 0.465. The van der Waals surface area contributed by atoms with Gasteiger partial charge in [0, 0.05) is 6.08 Å². The van der Waals surface area contributed by atoms with E-state index in [-0.39, 0.29) is 10.8 Å². The summed E-state index contributed by atoms with van der Waals surface area (Å²) in [5.41, 5.74) is 1.60. The van der Waals surface area contributed by atoms with Crippen molar-refractivity contribution in [3.63, 3.8) is 0 Å². The van der Waals surface area contributed by atoms with Crippen molar-refractivity contribution in [3.8, 4) is 11.5 Å². The van der Waals surface area contributed by atoms with Crippen molar-refractivity contribution in [1.82, 2.24) is 0 Å². The molecule has 1 amide bonds. The Morgan fingerprint density at radius 2 is 1.53 bits per heavy atom. The standard InChI is InChI=1S/C24H24N2O5S/c1-3-31-23-11-7-4-8-20(23)25-24(27)17-14-18-12-15-19(16-13-18)32(28,29)26-21-9-5-6-10-22(21)30-2/h4-17,26H,3H2,1-2H3,(H,25,27)/b17-14+. The van der Waals surface area contributed by atoms with E-state index >= 15 is 0 Å². The lowest BCUT2D eigenvalue weighted by Gasteiger charge is -2.11. The van der Waals surface area contributed by atoms with Crippen LogP contribution < -0.4 is 19.5 Å². The first-order valence-electron chi connectivity index (χ1n) is 9.89. The maximum absolute atomic E-state index is 12.7. The normalized spacial score (nSPS) is 11.2. The summed E-state index contributed by atoms with van der Waals surface area (Å²) in [5.74, 6) is 0.688. The highest BCUT2D eigenvalue weighted by molar-refractivity contribution is 7.92. The van der Waals surface area contributed by atoms with Crippen molar-refractivity contribution >= 4 is 33.4 Å². The van der Waals surface area contributed by atoms with Gasteiger partial charge in [-0.05, 0) is 55.0 Å². The number of sulfonamides is 1. The van der Waals surface area contributed by atoms with Gasteiger partial charge in [-0.1, -0.05) is 36.4 Å². The smallest absolute Gasteiger partial charge is 0.262 e. The summed E-state index contributed by atoms with van der Waals surface area (Å²) in [6.07, 6.45) is 2.97. The number of amides is 1. The Kier molecular flexibility index (Phi) is 7.51. The fourth-order valence-corrected chi connectivity index (χ4v) is 3.96. The minimum atomic E-state index is -3.79. The summed E-state index contributed by atoms with van der Waals surface area (Å²) in [6.45, 7) is 2.36. The van der Waals surface area contributed by atoms with Crippen LogP contribution in [-0.2, 0) is 14.8 Å². The predicted octanol–water partition coefficient (Wildman–Crippen LogP) is 4.55. The van der Waals surface area contributed by atoms with Gasteiger partial charge in [0.2, 0.25) is 5.91 Å². The van der Waals surface area contributed by atoms with Gasteiger partial charge in [-0.2, -0.15) is 0 Å². The molecule has 166 valence electrons. The lowest BCUT2D eigenvalue weighted by molar-refractivity contribution is -0.111. The average Bonchev–Trinajstić information content (AvgIpc) is 2.79. The first-order valence-corrected chi connectivity index (χ1v) is 11.4. The van der Waals surface area contributed by atoms with Crippen LogP contribution in [0.4, 0.5) is 11.4 Å². The Morgan fingerprint density at radius 3 is 2.19 bits per heavy atom. The summed E-state index contributed by atoms with van der Waals surface area (Å²) >= 11 is 0. The fraction of sp³-hybridized carbons (Fsp3) is 0.125. The summed E-state index contributed by atoms with van der Waals surface area (Å²) < 4.78 is 38.5. The van der Waals surface area contributed by atoms with E-state index in [1.807, 2.05) is 13.0 Å². The van der Waals surface area contributed by atoms with Gasteiger partial charge in [-0.25, -0.2) is 8.42 Å². The number of anilines is 2.